The average molecular weight is 334 g/mol. The zero-order chi connectivity index (χ0) is 16.3. The molecule has 0 N–H and O–H groups in total. The molecule has 3 nitrogen and oxygen atoms in total. The number of benzene rings is 2. The van der Waals surface area contributed by atoms with Crippen molar-refractivity contribution in [2.75, 3.05) is 12.4 Å². The molecule has 23 heavy (non-hydrogen) atoms. The molecule has 0 aromatic heterocycles. The molecule has 0 fully saturated rings. The predicted octanol–water partition coefficient (Wildman–Crippen LogP) is 3.06. The maximum Gasteiger partial charge on any atom is 0.154 e. The van der Waals surface area contributed by atoms with Gasteiger partial charge < -0.3 is 4.74 Å². The Kier molecular flexibility index (Phi) is 4.78. The fourth-order valence-electron chi connectivity index (χ4n) is 2.76. The average Bonchev–Trinajstić information content (AvgIpc) is 2.54. The first-order valence-corrected chi connectivity index (χ1v) is 9.47. The van der Waals surface area contributed by atoms with Gasteiger partial charge in [-0.3, -0.25) is 0 Å². The number of aryl methyl sites for hydroxylation is 1. The highest BCUT2D eigenvalue weighted by Crippen LogP contribution is 2.20. The third-order valence-electron chi connectivity index (χ3n) is 4.05. The van der Waals surface area contributed by atoms with E-state index in [1.165, 1.54) is 17.7 Å². The molecule has 1 heterocycles. The van der Waals surface area contributed by atoms with Crippen molar-refractivity contribution in [2.24, 2.45) is 0 Å². The van der Waals surface area contributed by atoms with Gasteiger partial charge in [-0.05, 0) is 47.2 Å². The molecule has 0 radical (unpaired) electrons. The Morgan fingerprint density at radius 1 is 1.00 bits per heavy atom. The van der Waals surface area contributed by atoms with E-state index >= 15 is 0 Å². The molecule has 122 valence electrons. The summed E-state index contributed by atoms with van der Waals surface area (Å²) in [6.45, 7) is 1.28. The lowest BCUT2D eigenvalue weighted by Gasteiger charge is -2.17. The van der Waals surface area contributed by atoms with E-state index in [-0.39, 0.29) is 17.3 Å². The van der Waals surface area contributed by atoms with Gasteiger partial charge in [-0.2, -0.15) is 0 Å². The Bertz CT molecular complexity index is 782. The van der Waals surface area contributed by atoms with Crippen LogP contribution in [0, 0.1) is 5.82 Å². The Hall–Kier alpha value is -1.72. The minimum atomic E-state index is -3.20. The molecule has 3 rings (SSSR count). The monoisotopic (exact) mass is 334 g/mol. The van der Waals surface area contributed by atoms with Crippen molar-refractivity contribution in [3.8, 4) is 0 Å². The number of hydrogen-bond donors (Lipinski definition) is 0. The van der Waals surface area contributed by atoms with E-state index in [9.17, 15) is 12.8 Å². The lowest BCUT2D eigenvalue weighted by atomic mass is 10.0. The maximum atomic E-state index is 12.9. The molecule has 1 aliphatic rings. The van der Waals surface area contributed by atoms with Gasteiger partial charge in [0.15, 0.2) is 9.84 Å². The van der Waals surface area contributed by atoms with Crippen molar-refractivity contribution in [1.29, 1.82) is 0 Å². The van der Waals surface area contributed by atoms with Crippen LogP contribution in [-0.4, -0.2) is 20.8 Å². The summed E-state index contributed by atoms with van der Waals surface area (Å²) in [4.78, 5) is 0. The Labute approximate surface area is 136 Å². The summed E-state index contributed by atoms with van der Waals surface area (Å²) in [5, 5.41) is 0. The molecule has 2 aromatic carbocycles. The number of hydrogen-bond acceptors (Lipinski definition) is 3. The molecular weight excluding hydrogens is 315 g/mol. The molecule has 0 spiro atoms. The normalized spacial score (nSPS) is 14.5. The van der Waals surface area contributed by atoms with Gasteiger partial charge in [0.2, 0.25) is 0 Å². The maximum absolute atomic E-state index is 12.9. The lowest BCUT2D eigenvalue weighted by molar-refractivity contribution is 0.110. The summed E-state index contributed by atoms with van der Waals surface area (Å²) in [7, 11) is -3.20. The molecule has 0 unspecified atom stereocenters. The summed E-state index contributed by atoms with van der Waals surface area (Å²) in [6.07, 6.45) is 1.28. The highest BCUT2D eigenvalue weighted by atomic mass is 32.2. The lowest BCUT2D eigenvalue weighted by Crippen LogP contribution is -2.13. The first-order chi connectivity index (χ1) is 11.0. The Morgan fingerprint density at radius 3 is 2.52 bits per heavy atom. The van der Waals surface area contributed by atoms with Crippen LogP contribution in [0.4, 0.5) is 4.39 Å². The van der Waals surface area contributed by atoms with Crippen molar-refractivity contribution in [3.05, 3.63) is 70.5 Å². The van der Waals surface area contributed by atoms with Crippen molar-refractivity contribution in [1.82, 2.24) is 0 Å². The number of fused-ring (bicyclic) bond motifs is 1. The highest BCUT2D eigenvalue weighted by Gasteiger charge is 2.15. The largest absolute Gasteiger partial charge is 0.376 e. The SMILES string of the molecule is O=S(=O)(CCc1ccc(F)cc1)Cc1ccc2c(c1)COCC2. The van der Waals surface area contributed by atoms with Gasteiger partial charge in [0.1, 0.15) is 5.82 Å². The second-order valence-corrected chi connectivity index (χ2v) is 8.06. The zero-order valence-corrected chi connectivity index (χ0v) is 13.6. The molecule has 0 saturated heterocycles. The number of ether oxygens (including phenoxy) is 1. The fourth-order valence-corrected chi connectivity index (χ4v) is 4.14. The summed E-state index contributed by atoms with van der Waals surface area (Å²) in [5.41, 5.74) is 3.95. The molecule has 1 aliphatic heterocycles. The van der Waals surface area contributed by atoms with Crippen LogP contribution < -0.4 is 0 Å². The van der Waals surface area contributed by atoms with Gasteiger partial charge in [-0.1, -0.05) is 30.3 Å². The topological polar surface area (TPSA) is 43.4 Å². The molecule has 0 atom stereocenters. The summed E-state index contributed by atoms with van der Waals surface area (Å²) in [6, 6.07) is 11.8. The quantitative estimate of drug-likeness (QED) is 0.844. The van der Waals surface area contributed by atoms with E-state index in [1.54, 1.807) is 12.1 Å². The van der Waals surface area contributed by atoms with Crippen LogP contribution in [0.3, 0.4) is 0 Å². The number of halogens is 1. The van der Waals surface area contributed by atoms with Crippen LogP contribution in [0.2, 0.25) is 0 Å². The molecule has 0 aliphatic carbocycles. The van der Waals surface area contributed by atoms with E-state index in [4.69, 9.17) is 4.74 Å². The first kappa shape index (κ1) is 16.1. The molecule has 0 amide bonds. The summed E-state index contributed by atoms with van der Waals surface area (Å²) < 4.78 is 42.9. The second-order valence-electron chi connectivity index (χ2n) is 5.87. The fraction of sp³-hybridized carbons (Fsp3) is 0.333. The van der Waals surface area contributed by atoms with Crippen LogP contribution in [0.15, 0.2) is 42.5 Å². The van der Waals surface area contributed by atoms with Crippen LogP contribution in [0.25, 0.3) is 0 Å². The molecule has 5 heteroatoms. The smallest absolute Gasteiger partial charge is 0.154 e. The predicted molar refractivity (Wildman–Crippen MR) is 87.4 cm³/mol. The highest BCUT2D eigenvalue weighted by molar-refractivity contribution is 7.90. The second kappa shape index (κ2) is 6.81. The minimum absolute atomic E-state index is 0.0292. The van der Waals surface area contributed by atoms with Crippen LogP contribution in [0.1, 0.15) is 22.3 Å². The Balaban J connectivity index is 1.65. The Morgan fingerprint density at radius 2 is 1.74 bits per heavy atom. The van der Waals surface area contributed by atoms with Crippen LogP contribution in [-0.2, 0) is 39.8 Å². The third-order valence-corrected chi connectivity index (χ3v) is 5.64. The zero-order valence-electron chi connectivity index (χ0n) is 12.8. The first-order valence-electron chi connectivity index (χ1n) is 7.65. The minimum Gasteiger partial charge on any atom is -0.376 e. The van der Waals surface area contributed by atoms with E-state index < -0.39 is 9.84 Å². The van der Waals surface area contributed by atoms with Gasteiger partial charge in [0, 0.05) is 0 Å². The van der Waals surface area contributed by atoms with Gasteiger partial charge in [0.05, 0.1) is 24.7 Å². The van der Waals surface area contributed by atoms with E-state index in [1.807, 2.05) is 18.2 Å². The van der Waals surface area contributed by atoms with Crippen molar-refractivity contribution < 1.29 is 17.5 Å². The molecule has 0 saturated carbocycles. The number of rotatable bonds is 5. The summed E-state index contributed by atoms with van der Waals surface area (Å²) in [5.74, 6) is -0.221. The molecular formula is C18H19FO3S. The standard InChI is InChI=1S/C18H19FO3S/c19-18-5-2-14(3-6-18)8-10-23(20,21)13-15-1-4-16-7-9-22-12-17(16)11-15/h1-6,11H,7-10,12-13H2. The van der Waals surface area contributed by atoms with Crippen molar-refractivity contribution in [2.45, 2.75) is 25.2 Å². The van der Waals surface area contributed by atoms with Gasteiger partial charge in [0.25, 0.3) is 0 Å². The van der Waals surface area contributed by atoms with Crippen LogP contribution in [0.5, 0.6) is 0 Å². The molecule has 0 bridgehead atoms. The van der Waals surface area contributed by atoms with Gasteiger partial charge in [-0.25, -0.2) is 12.8 Å². The summed E-state index contributed by atoms with van der Waals surface area (Å²) >= 11 is 0. The van der Waals surface area contributed by atoms with E-state index in [0.717, 1.165) is 29.7 Å². The molecule has 2 aromatic rings. The van der Waals surface area contributed by atoms with E-state index in [0.29, 0.717) is 13.0 Å². The van der Waals surface area contributed by atoms with Gasteiger partial charge >= 0.3 is 0 Å². The number of sulfone groups is 1. The van der Waals surface area contributed by atoms with E-state index in [2.05, 4.69) is 0 Å². The van der Waals surface area contributed by atoms with Crippen LogP contribution >= 0.6 is 0 Å². The van der Waals surface area contributed by atoms with Crippen molar-refractivity contribution >= 4 is 9.84 Å². The van der Waals surface area contributed by atoms with Crippen molar-refractivity contribution in [3.63, 3.8) is 0 Å². The van der Waals surface area contributed by atoms with Gasteiger partial charge in [-0.15, -0.1) is 0 Å². The third kappa shape index (κ3) is 4.39.